The molecule has 0 amide bonds. The Bertz CT molecular complexity index is 912. The fourth-order valence-corrected chi connectivity index (χ4v) is 4.79. The molecule has 3 aromatic rings. The van der Waals surface area contributed by atoms with Gasteiger partial charge < -0.3 is 9.67 Å². The molecule has 0 aliphatic heterocycles. The largest absolute Gasteiger partial charge is 0.385 e. The first-order chi connectivity index (χ1) is 11.7. The van der Waals surface area contributed by atoms with Crippen molar-refractivity contribution in [1.29, 1.82) is 5.26 Å². The van der Waals surface area contributed by atoms with E-state index >= 15 is 0 Å². The molecular weight excluding hydrogens is 320 g/mol. The number of pyridine rings is 1. The molecule has 1 atom stereocenters. The molecule has 0 bridgehead atoms. The second kappa shape index (κ2) is 6.15. The average molecular weight is 340 g/mol. The van der Waals surface area contributed by atoms with Crippen LogP contribution in [0.4, 0.5) is 0 Å². The van der Waals surface area contributed by atoms with Crippen LogP contribution in [0, 0.1) is 17.2 Å². The highest BCUT2D eigenvalue weighted by atomic mass is 32.1. The van der Waals surface area contributed by atoms with Crippen LogP contribution in [-0.4, -0.2) is 19.6 Å². The minimum Gasteiger partial charge on any atom is -0.385 e. The summed E-state index contributed by atoms with van der Waals surface area (Å²) < 4.78 is 3.40. The summed E-state index contributed by atoms with van der Waals surface area (Å²) >= 11 is 1.68. The lowest BCUT2D eigenvalue weighted by molar-refractivity contribution is 0.175. The fraction of sp³-hybridized carbons (Fsp3) is 0.500. The summed E-state index contributed by atoms with van der Waals surface area (Å²) in [7, 11) is 0. The Morgan fingerprint density at radius 1 is 1.38 bits per heavy atom. The molecule has 3 heterocycles. The molecule has 124 valence electrons. The van der Waals surface area contributed by atoms with Crippen molar-refractivity contribution in [2.75, 3.05) is 0 Å². The molecule has 1 aliphatic rings. The van der Waals surface area contributed by atoms with Crippen LogP contribution in [0.2, 0.25) is 0 Å². The van der Waals surface area contributed by atoms with E-state index in [1.165, 1.54) is 0 Å². The van der Waals surface area contributed by atoms with Crippen LogP contribution in [0.25, 0.3) is 21.3 Å². The third-order valence-electron chi connectivity index (χ3n) is 5.09. The third kappa shape index (κ3) is 2.48. The number of fused-ring (bicyclic) bond motifs is 3. The Balaban J connectivity index is 1.82. The Labute approximate surface area is 144 Å². The van der Waals surface area contributed by atoms with E-state index in [2.05, 4.69) is 26.0 Å². The minimum absolute atomic E-state index is 0.335. The van der Waals surface area contributed by atoms with Crippen molar-refractivity contribution in [3.8, 4) is 6.07 Å². The van der Waals surface area contributed by atoms with Gasteiger partial charge in [0.25, 0.3) is 0 Å². The number of rotatable bonds is 3. The van der Waals surface area contributed by atoms with Gasteiger partial charge in [0.15, 0.2) is 0 Å². The summed E-state index contributed by atoms with van der Waals surface area (Å²) in [6, 6.07) is 4.67. The van der Waals surface area contributed by atoms with Crippen LogP contribution in [-0.2, 0) is 0 Å². The highest BCUT2D eigenvalue weighted by molar-refractivity contribution is 7.18. The number of aliphatic hydroxyl groups excluding tert-OH is 1. The maximum Gasteiger partial charge on any atom is 0.138 e. The van der Waals surface area contributed by atoms with E-state index in [0.717, 1.165) is 52.8 Å². The number of nitrogens with zero attached hydrogens (tertiary/aromatic N) is 4. The van der Waals surface area contributed by atoms with Crippen molar-refractivity contribution < 1.29 is 5.11 Å². The molecule has 0 radical (unpaired) electrons. The number of aromatic nitrogens is 3. The van der Waals surface area contributed by atoms with Gasteiger partial charge in [0.05, 0.1) is 28.0 Å². The quantitative estimate of drug-likeness (QED) is 0.769. The van der Waals surface area contributed by atoms with Crippen LogP contribution in [0.1, 0.15) is 57.0 Å². The van der Waals surface area contributed by atoms with Gasteiger partial charge in [-0.25, -0.2) is 4.98 Å². The molecule has 1 fully saturated rings. The summed E-state index contributed by atoms with van der Waals surface area (Å²) in [6.07, 6.45) is 6.06. The number of imidazole rings is 1. The molecule has 0 aromatic carbocycles. The summed E-state index contributed by atoms with van der Waals surface area (Å²) in [5.41, 5.74) is 2.96. The number of hydrogen-bond donors (Lipinski definition) is 1. The number of aliphatic hydroxyl groups is 1. The van der Waals surface area contributed by atoms with Crippen LogP contribution in [0.3, 0.4) is 0 Å². The smallest absolute Gasteiger partial charge is 0.138 e. The molecule has 1 saturated carbocycles. The van der Waals surface area contributed by atoms with E-state index in [4.69, 9.17) is 5.26 Å². The zero-order valence-corrected chi connectivity index (χ0v) is 14.5. The van der Waals surface area contributed by atoms with E-state index in [9.17, 15) is 5.11 Å². The van der Waals surface area contributed by atoms with E-state index in [0.29, 0.717) is 18.4 Å². The van der Waals surface area contributed by atoms with Gasteiger partial charge >= 0.3 is 0 Å². The van der Waals surface area contributed by atoms with Gasteiger partial charge in [0.1, 0.15) is 17.4 Å². The summed E-state index contributed by atoms with van der Waals surface area (Å²) in [5.74, 6) is 1.25. The zero-order valence-electron chi connectivity index (χ0n) is 13.6. The van der Waals surface area contributed by atoms with Crippen molar-refractivity contribution in [2.45, 2.75) is 51.2 Å². The maximum atomic E-state index is 10.3. The first-order valence-electron chi connectivity index (χ1n) is 8.48. The molecule has 6 heteroatoms. The second-order valence-electron chi connectivity index (χ2n) is 6.68. The molecule has 3 aromatic heterocycles. The Kier molecular flexibility index (Phi) is 3.99. The molecule has 1 aliphatic carbocycles. The molecule has 4 rings (SSSR count). The third-order valence-corrected chi connectivity index (χ3v) is 6.00. The van der Waals surface area contributed by atoms with Crippen molar-refractivity contribution in [3.05, 3.63) is 23.5 Å². The minimum atomic E-state index is -0.607. The molecule has 5 nitrogen and oxygen atoms in total. The van der Waals surface area contributed by atoms with Crippen LogP contribution >= 0.6 is 11.3 Å². The molecular formula is C18H20N4OS. The maximum absolute atomic E-state index is 10.3. The summed E-state index contributed by atoms with van der Waals surface area (Å²) in [6.45, 7) is 1.78. The molecule has 0 saturated heterocycles. The molecule has 1 N–H and O–H groups in total. The monoisotopic (exact) mass is 340 g/mol. The number of hydrogen-bond acceptors (Lipinski definition) is 5. The highest BCUT2D eigenvalue weighted by Gasteiger charge is 2.28. The fourth-order valence-electron chi connectivity index (χ4n) is 3.90. The Hall–Kier alpha value is -1.97. The van der Waals surface area contributed by atoms with E-state index in [1.54, 1.807) is 18.3 Å². The van der Waals surface area contributed by atoms with Gasteiger partial charge in [-0.2, -0.15) is 5.26 Å². The standard InChI is InChI=1S/C18H20N4OS/c1-11(23)18-21-15-10-20-14-7-9-24-17(14)16(15)22(18)13-4-2-12(3-5-13)6-8-19/h7,9-13,23H,2-6H2,1H3. The first kappa shape index (κ1) is 15.6. The van der Waals surface area contributed by atoms with E-state index < -0.39 is 6.10 Å². The van der Waals surface area contributed by atoms with Crippen molar-refractivity contribution >= 4 is 32.6 Å². The lowest BCUT2D eigenvalue weighted by atomic mass is 9.84. The van der Waals surface area contributed by atoms with Gasteiger partial charge in [0.2, 0.25) is 0 Å². The number of thiophene rings is 1. The predicted molar refractivity (Wildman–Crippen MR) is 94.8 cm³/mol. The highest BCUT2D eigenvalue weighted by Crippen LogP contribution is 2.39. The van der Waals surface area contributed by atoms with Gasteiger partial charge in [-0.3, -0.25) is 4.98 Å². The Morgan fingerprint density at radius 2 is 2.17 bits per heavy atom. The predicted octanol–water partition coefficient (Wildman–Crippen LogP) is 4.34. The van der Waals surface area contributed by atoms with Crippen molar-refractivity contribution in [2.24, 2.45) is 5.92 Å². The SMILES string of the molecule is CC(O)c1nc2cnc3ccsc3c2n1C1CCC(CC#N)CC1. The topological polar surface area (TPSA) is 74.7 Å². The van der Waals surface area contributed by atoms with E-state index in [1.807, 2.05) is 12.3 Å². The number of nitriles is 1. The van der Waals surface area contributed by atoms with Crippen molar-refractivity contribution in [3.63, 3.8) is 0 Å². The Morgan fingerprint density at radius 3 is 2.88 bits per heavy atom. The molecule has 1 unspecified atom stereocenters. The zero-order chi connectivity index (χ0) is 16.7. The normalized spacial score (nSPS) is 22.7. The van der Waals surface area contributed by atoms with Gasteiger partial charge in [-0.05, 0) is 50.0 Å². The van der Waals surface area contributed by atoms with E-state index in [-0.39, 0.29) is 0 Å². The van der Waals surface area contributed by atoms with Gasteiger partial charge in [-0.1, -0.05) is 0 Å². The van der Waals surface area contributed by atoms with Crippen LogP contribution < -0.4 is 0 Å². The lowest BCUT2D eigenvalue weighted by Gasteiger charge is -2.30. The van der Waals surface area contributed by atoms with Crippen molar-refractivity contribution in [1.82, 2.24) is 14.5 Å². The first-order valence-corrected chi connectivity index (χ1v) is 9.36. The second-order valence-corrected chi connectivity index (χ2v) is 7.60. The van der Waals surface area contributed by atoms with Gasteiger partial charge in [0, 0.05) is 12.5 Å². The van der Waals surface area contributed by atoms with Crippen LogP contribution in [0.5, 0.6) is 0 Å². The molecule has 24 heavy (non-hydrogen) atoms. The summed E-state index contributed by atoms with van der Waals surface area (Å²) in [4.78, 5) is 9.16. The van der Waals surface area contributed by atoms with Crippen LogP contribution in [0.15, 0.2) is 17.6 Å². The summed E-state index contributed by atoms with van der Waals surface area (Å²) in [5, 5.41) is 21.2. The van der Waals surface area contributed by atoms with Gasteiger partial charge in [-0.15, -0.1) is 11.3 Å². The lowest BCUT2D eigenvalue weighted by Crippen LogP contribution is -2.20. The molecule has 0 spiro atoms. The average Bonchev–Trinajstić information content (AvgIpc) is 3.19.